The third kappa shape index (κ3) is 6.64. The van der Waals surface area contributed by atoms with Crippen molar-refractivity contribution in [2.75, 3.05) is 33.8 Å². The summed E-state index contributed by atoms with van der Waals surface area (Å²) < 4.78 is 5.47. The number of carbonyl (C=O) groups is 1. The second kappa shape index (κ2) is 9.91. The molecule has 0 aliphatic carbocycles. The average Bonchev–Trinajstić information content (AvgIpc) is 2.59. The molecule has 2 N–H and O–H groups in total. The number of hydrogen-bond acceptors (Lipinski definition) is 3. The molecule has 1 aromatic rings. The Morgan fingerprint density at radius 1 is 1.24 bits per heavy atom. The van der Waals surface area contributed by atoms with Gasteiger partial charge in [-0.15, -0.1) is 0 Å². The molecule has 6 heteroatoms. The Morgan fingerprint density at radius 3 is 2.40 bits per heavy atom. The predicted molar refractivity (Wildman–Crippen MR) is 103 cm³/mol. The van der Waals surface area contributed by atoms with Crippen LogP contribution in [0.3, 0.4) is 0 Å². The first-order valence-electron chi connectivity index (χ1n) is 8.77. The summed E-state index contributed by atoms with van der Waals surface area (Å²) in [6.07, 6.45) is 0. The number of guanidine groups is 1. The van der Waals surface area contributed by atoms with Gasteiger partial charge in [-0.2, -0.15) is 0 Å². The number of nitrogens with zero attached hydrogens (tertiary/aromatic N) is 2. The van der Waals surface area contributed by atoms with Gasteiger partial charge in [0.2, 0.25) is 5.91 Å². The summed E-state index contributed by atoms with van der Waals surface area (Å²) in [6, 6.07) is 8.07. The van der Waals surface area contributed by atoms with Crippen LogP contribution < -0.4 is 15.4 Å². The first-order chi connectivity index (χ1) is 11.8. The van der Waals surface area contributed by atoms with Crippen LogP contribution in [0.25, 0.3) is 0 Å². The Balaban J connectivity index is 2.79. The maximum absolute atomic E-state index is 11.9. The summed E-state index contributed by atoms with van der Waals surface area (Å²) >= 11 is 0. The van der Waals surface area contributed by atoms with Crippen LogP contribution in [0.5, 0.6) is 5.75 Å². The number of nitrogens with one attached hydrogen (secondary N) is 2. The molecule has 6 nitrogen and oxygen atoms in total. The van der Waals surface area contributed by atoms with E-state index in [4.69, 9.17) is 4.74 Å². The van der Waals surface area contributed by atoms with Gasteiger partial charge in [0.25, 0.3) is 0 Å². The molecule has 0 radical (unpaired) electrons. The number of carbonyl (C=O) groups excluding carboxylic acids is 1. The topological polar surface area (TPSA) is 66.0 Å². The molecule has 140 valence electrons. The normalized spacial score (nSPS) is 11.8. The van der Waals surface area contributed by atoms with E-state index in [0.29, 0.717) is 13.2 Å². The third-order valence-corrected chi connectivity index (χ3v) is 3.82. The van der Waals surface area contributed by atoms with Crippen molar-refractivity contribution in [3.8, 4) is 5.75 Å². The zero-order valence-electron chi connectivity index (χ0n) is 16.3. The van der Waals surface area contributed by atoms with Gasteiger partial charge in [0, 0.05) is 27.2 Å². The Labute approximate surface area is 151 Å². The van der Waals surface area contributed by atoms with E-state index in [1.54, 1.807) is 7.05 Å². The van der Waals surface area contributed by atoms with E-state index in [9.17, 15) is 4.79 Å². The summed E-state index contributed by atoms with van der Waals surface area (Å²) in [5.41, 5.74) is 0.622. The zero-order valence-corrected chi connectivity index (χ0v) is 16.3. The highest BCUT2D eigenvalue weighted by molar-refractivity contribution is 5.83. The molecule has 0 saturated carbocycles. The van der Waals surface area contributed by atoms with Crippen LogP contribution in [0.4, 0.5) is 0 Å². The van der Waals surface area contributed by atoms with Crippen molar-refractivity contribution in [3.63, 3.8) is 0 Å². The number of hydrogen-bond donors (Lipinski definition) is 2. The molecule has 25 heavy (non-hydrogen) atoms. The van der Waals surface area contributed by atoms with E-state index < -0.39 is 5.41 Å². The molecule has 0 unspecified atom stereocenters. The van der Waals surface area contributed by atoms with Gasteiger partial charge in [-0.25, -0.2) is 0 Å². The summed E-state index contributed by atoms with van der Waals surface area (Å²) in [7, 11) is 3.64. The molecule has 0 aromatic heterocycles. The lowest BCUT2D eigenvalue weighted by molar-refractivity contribution is -0.128. The number of amides is 1. The molecule has 0 spiro atoms. The van der Waals surface area contributed by atoms with Crippen molar-refractivity contribution >= 4 is 11.9 Å². The van der Waals surface area contributed by atoms with E-state index in [2.05, 4.69) is 32.7 Å². The molecule has 1 rings (SSSR count). The molecule has 1 aromatic carbocycles. The van der Waals surface area contributed by atoms with Gasteiger partial charge in [-0.05, 0) is 45.4 Å². The van der Waals surface area contributed by atoms with Crippen molar-refractivity contribution in [2.24, 2.45) is 10.4 Å². The summed E-state index contributed by atoms with van der Waals surface area (Å²) in [4.78, 5) is 18.6. The fourth-order valence-electron chi connectivity index (χ4n) is 2.36. The maximum atomic E-state index is 11.9. The average molecular weight is 348 g/mol. The first-order valence-corrected chi connectivity index (χ1v) is 8.77. The highest BCUT2D eigenvalue weighted by atomic mass is 16.5. The molecule has 0 heterocycles. The van der Waals surface area contributed by atoms with Gasteiger partial charge in [-0.1, -0.05) is 12.1 Å². The number of rotatable bonds is 8. The quantitative estimate of drug-likeness (QED) is 0.559. The molecule has 0 atom stereocenters. The Hall–Kier alpha value is -2.24. The summed E-state index contributed by atoms with van der Waals surface area (Å²) in [6.45, 7) is 10.4. The Kier molecular flexibility index (Phi) is 8.25. The van der Waals surface area contributed by atoms with Gasteiger partial charge < -0.3 is 20.3 Å². The lowest BCUT2D eigenvalue weighted by atomic mass is 9.93. The molecule has 0 bridgehead atoms. The van der Waals surface area contributed by atoms with Gasteiger partial charge in [-0.3, -0.25) is 9.79 Å². The SMILES string of the molecule is CCNC(=NCC(C)(C)C(=O)NC)N(C)Cc1ccc(OCC)cc1. The predicted octanol–water partition coefficient (Wildman–Crippen LogP) is 2.25. The summed E-state index contributed by atoms with van der Waals surface area (Å²) in [5.74, 6) is 1.65. The minimum Gasteiger partial charge on any atom is -0.494 e. The smallest absolute Gasteiger partial charge is 0.227 e. The van der Waals surface area contributed by atoms with Gasteiger partial charge in [0.1, 0.15) is 5.75 Å². The van der Waals surface area contributed by atoms with Crippen LogP contribution in [-0.4, -0.2) is 50.6 Å². The lowest BCUT2D eigenvalue weighted by Gasteiger charge is -2.25. The molecule has 1 amide bonds. The van der Waals surface area contributed by atoms with Crippen LogP contribution in [0, 0.1) is 5.41 Å². The lowest BCUT2D eigenvalue weighted by Crippen LogP contribution is -2.41. The monoisotopic (exact) mass is 348 g/mol. The highest BCUT2D eigenvalue weighted by Crippen LogP contribution is 2.16. The van der Waals surface area contributed by atoms with Crippen molar-refractivity contribution < 1.29 is 9.53 Å². The van der Waals surface area contributed by atoms with Crippen LogP contribution in [-0.2, 0) is 11.3 Å². The van der Waals surface area contributed by atoms with Crippen molar-refractivity contribution in [1.82, 2.24) is 15.5 Å². The maximum Gasteiger partial charge on any atom is 0.227 e. The van der Waals surface area contributed by atoms with E-state index in [1.807, 2.05) is 46.9 Å². The molecule has 0 saturated heterocycles. The highest BCUT2D eigenvalue weighted by Gasteiger charge is 2.26. The van der Waals surface area contributed by atoms with E-state index >= 15 is 0 Å². The van der Waals surface area contributed by atoms with Crippen LogP contribution in [0.1, 0.15) is 33.3 Å². The second-order valence-electron chi connectivity index (χ2n) is 6.57. The van der Waals surface area contributed by atoms with Crippen LogP contribution in [0.2, 0.25) is 0 Å². The van der Waals surface area contributed by atoms with Gasteiger partial charge in [0.15, 0.2) is 5.96 Å². The van der Waals surface area contributed by atoms with Crippen LogP contribution in [0.15, 0.2) is 29.3 Å². The Morgan fingerprint density at radius 2 is 1.88 bits per heavy atom. The number of aliphatic imine (C=N–C) groups is 1. The Bertz CT molecular complexity index is 567. The van der Waals surface area contributed by atoms with E-state index in [1.165, 1.54) is 5.56 Å². The number of ether oxygens (including phenoxy) is 1. The fourth-order valence-corrected chi connectivity index (χ4v) is 2.36. The van der Waals surface area contributed by atoms with Crippen molar-refractivity contribution in [1.29, 1.82) is 0 Å². The van der Waals surface area contributed by atoms with Gasteiger partial charge in [0.05, 0.1) is 18.6 Å². The fraction of sp³-hybridized carbons (Fsp3) is 0.579. The second-order valence-corrected chi connectivity index (χ2v) is 6.57. The summed E-state index contributed by atoms with van der Waals surface area (Å²) in [5, 5.41) is 5.97. The van der Waals surface area contributed by atoms with E-state index in [0.717, 1.165) is 24.8 Å². The molecular formula is C19H32N4O2. The van der Waals surface area contributed by atoms with E-state index in [-0.39, 0.29) is 5.91 Å². The number of benzene rings is 1. The molecule has 0 aliphatic heterocycles. The molecule has 0 fully saturated rings. The molecule has 0 aliphatic rings. The standard InChI is InChI=1S/C19H32N4O2/c1-7-21-18(22-14-19(3,4)17(24)20-5)23(6)13-15-9-11-16(12-10-15)25-8-2/h9-12H,7-8,13-14H2,1-6H3,(H,20,24)(H,21,22). The third-order valence-electron chi connectivity index (χ3n) is 3.82. The largest absolute Gasteiger partial charge is 0.494 e. The van der Waals surface area contributed by atoms with Crippen molar-refractivity contribution in [3.05, 3.63) is 29.8 Å². The zero-order chi connectivity index (χ0) is 18.9. The minimum absolute atomic E-state index is 0.0127. The van der Waals surface area contributed by atoms with Gasteiger partial charge >= 0.3 is 0 Å². The molecular weight excluding hydrogens is 316 g/mol. The van der Waals surface area contributed by atoms with Crippen molar-refractivity contribution in [2.45, 2.75) is 34.2 Å². The minimum atomic E-state index is -0.546. The van der Waals surface area contributed by atoms with Crippen LogP contribution >= 0.6 is 0 Å². The first kappa shape index (κ1) is 20.8.